The Bertz CT molecular complexity index is 3050. The summed E-state index contributed by atoms with van der Waals surface area (Å²) in [5.74, 6) is -1.12. The molecule has 0 saturated heterocycles. The van der Waals surface area contributed by atoms with Crippen molar-refractivity contribution in [1.29, 1.82) is 0 Å². The highest BCUT2D eigenvalue weighted by molar-refractivity contribution is 8.01. The van der Waals surface area contributed by atoms with Crippen molar-refractivity contribution in [3.8, 4) is 5.75 Å². The molecule has 0 fully saturated rings. The summed E-state index contributed by atoms with van der Waals surface area (Å²) in [5, 5.41) is 3.19. The quantitative estimate of drug-likeness (QED) is 0.0270. The summed E-state index contributed by atoms with van der Waals surface area (Å²) in [5.41, 5.74) is 8.74. The number of aryl methyl sites for hydroxylation is 6. The van der Waals surface area contributed by atoms with Crippen molar-refractivity contribution >= 4 is 52.7 Å². The van der Waals surface area contributed by atoms with Gasteiger partial charge in [-0.3, -0.25) is 28.8 Å². The number of benzene rings is 5. The predicted octanol–water partition coefficient (Wildman–Crippen LogP) is 14.0. The summed E-state index contributed by atoms with van der Waals surface area (Å²) in [6.45, 7) is 27.8. The predicted molar refractivity (Wildman–Crippen MR) is 308 cm³/mol. The lowest BCUT2D eigenvalue weighted by atomic mass is 9.49. The molecule has 4 unspecified atom stereocenters. The van der Waals surface area contributed by atoms with E-state index in [0.29, 0.717) is 75.9 Å². The first-order valence-corrected chi connectivity index (χ1v) is 29.0. The number of hydrogen-bond acceptors (Lipinski definition) is 11. The summed E-state index contributed by atoms with van der Waals surface area (Å²) >= 11 is 0. The number of rotatable bonds is 23. The molecule has 0 saturated carbocycles. The Labute approximate surface area is 457 Å². The van der Waals surface area contributed by atoms with Crippen LogP contribution >= 0.6 is 7.14 Å². The minimum absolute atomic E-state index is 0.0261. The molecule has 0 spiro atoms. The molecule has 0 bridgehead atoms. The number of carbonyl (C=O) groups is 6. The molecule has 0 aromatic heterocycles. The molecule has 5 aromatic carbocycles. The highest BCUT2D eigenvalue weighted by atomic mass is 31.2. The third-order valence-corrected chi connectivity index (χ3v) is 19.8. The minimum Gasteiger partial charge on any atom is -0.464 e. The Morgan fingerprint density at radius 3 is 1.73 bits per heavy atom. The van der Waals surface area contributed by atoms with Crippen LogP contribution in [0.4, 0.5) is 5.69 Å². The lowest BCUT2D eigenvalue weighted by Crippen LogP contribution is -2.56. The van der Waals surface area contributed by atoms with Crippen LogP contribution in [0.3, 0.4) is 0 Å². The van der Waals surface area contributed by atoms with E-state index in [0.717, 1.165) is 24.0 Å². The van der Waals surface area contributed by atoms with Crippen LogP contribution in [0, 0.1) is 69.1 Å². The van der Waals surface area contributed by atoms with E-state index in [4.69, 9.17) is 15.2 Å². The molecule has 0 radical (unpaired) electrons. The number of fused-ring (bicyclic) bond motifs is 2. The van der Waals surface area contributed by atoms with Gasteiger partial charge in [-0.15, -0.1) is 0 Å². The zero-order valence-corrected chi connectivity index (χ0v) is 48.9. The van der Waals surface area contributed by atoms with Crippen LogP contribution in [-0.4, -0.2) is 54.3 Å². The number of anilines is 1. The Morgan fingerprint density at radius 2 is 1.22 bits per heavy atom. The molecule has 1 aliphatic carbocycles. The van der Waals surface area contributed by atoms with Crippen LogP contribution in [0.1, 0.15) is 186 Å². The Morgan fingerprint density at radius 1 is 0.688 bits per heavy atom. The van der Waals surface area contributed by atoms with Crippen molar-refractivity contribution in [2.75, 3.05) is 25.0 Å². The average molecular weight is 1070 g/mol. The van der Waals surface area contributed by atoms with Crippen molar-refractivity contribution in [2.24, 2.45) is 33.3 Å². The molecular formula is C65H81N2O9P. The molecule has 77 heavy (non-hydrogen) atoms. The standard InChI is InChI=1S/C65H81N2O9P/c1-15-40(4)37-64(17-3,29-28-53(68)75-31-30-67-52-27-21-26-51-56(52)58(70)50-25-19-18-24-49(50)57(51)69)63(14,16-2)38-65(39-66,62(11,12)13)61(73)76-47-22-20-23-48(36-47)77(74,59(71)54-43(7)32-41(5)33-44(54)8)60(72)55-45(9)34-42(6)35-46(55)10/h18-27,32-36,40,67H,15-17,28-31,37-39,66H2,1-14H3. The number of carbonyl (C=O) groups excluding carboxylic acids is 6. The maximum atomic E-state index is 16.0. The second-order valence-corrected chi connectivity index (χ2v) is 25.8. The van der Waals surface area contributed by atoms with E-state index in [-0.39, 0.29) is 71.8 Å². The summed E-state index contributed by atoms with van der Waals surface area (Å²) < 4.78 is 28.2. The van der Waals surface area contributed by atoms with E-state index in [1.807, 2.05) is 58.9 Å². The fourth-order valence-electron chi connectivity index (χ4n) is 12.3. The van der Waals surface area contributed by atoms with Gasteiger partial charge in [-0.2, -0.15) is 0 Å². The second kappa shape index (κ2) is 23.8. The third-order valence-electron chi connectivity index (χ3n) is 17.2. The minimum atomic E-state index is -4.68. The van der Waals surface area contributed by atoms with Crippen LogP contribution in [0.2, 0.25) is 0 Å². The summed E-state index contributed by atoms with van der Waals surface area (Å²) in [6.07, 6.45) is 3.92. The topological polar surface area (TPSA) is 176 Å². The normalized spacial score (nSPS) is 15.3. The van der Waals surface area contributed by atoms with Crippen LogP contribution in [0.25, 0.3) is 0 Å². The fourth-order valence-corrected chi connectivity index (χ4v) is 14.9. The monoisotopic (exact) mass is 1060 g/mol. The average Bonchev–Trinajstić information content (AvgIpc) is 3.43. The first-order valence-electron chi connectivity index (χ1n) is 27.3. The lowest BCUT2D eigenvalue weighted by molar-refractivity contribution is -0.161. The van der Waals surface area contributed by atoms with E-state index in [9.17, 15) is 14.4 Å². The van der Waals surface area contributed by atoms with Gasteiger partial charge in [0.15, 0.2) is 11.6 Å². The van der Waals surface area contributed by atoms with E-state index < -0.39 is 45.8 Å². The van der Waals surface area contributed by atoms with Crippen molar-refractivity contribution in [3.63, 3.8) is 0 Å². The van der Waals surface area contributed by atoms with Gasteiger partial charge in [0.05, 0.1) is 11.0 Å². The van der Waals surface area contributed by atoms with Gasteiger partial charge in [-0.1, -0.05) is 152 Å². The molecule has 6 rings (SSSR count). The zero-order chi connectivity index (χ0) is 57.0. The van der Waals surface area contributed by atoms with Crippen LogP contribution in [-0.2, 0) is 18.9 Å². The molecule has 0 heterocycles. The number of ketones is 2. The molecule has 4 atom stereocenters. The third kappa shape index (κ3) is 11.6. The largest absolute Gasteiger partial charge is 0.464 e. The highest BCUT2D eigenvalue weighted by Gasteiger charge is 2.57. The highest BCUT2D eigenvalue weighted by Crippen LogP contribution is 2.60. The molecule has 11 nitrogen and oxygen atoms in total. The number of nitrogens with one attached hydrogen (secondary N) is 1. The molecule has 12 heteroatoms. The molecule has 1 aliphatic rings. The van der Waals surface area contributed by atoms with Crippen LogP contribution < -0.4 is 21.1 Å². The van der Waals surface area contributed by atoms with Crippen molar-refractivity contribution in [1.82, 2.24) is 0 Å². The summed E-state index contributed by atoms with van der Waals surface area (Å²) in [4.78, 5) is 86.2. The first-order chi connectivity index (χ1) is 36.2. The Hall–Kier alpha value is -6.29. The zero-order valence-electron chi connectivity index (χ0n) is 48.0. The van der Waals surface area contributed by atoms with Gasteiger partial charge < -0.3 is 25.1 Å². The number of nitrogens with two attached hydrogens (primary N) is 1. The molecule has 410 valence electrons. The van der Waals surface area contributed by atoms with Gasteiger partial charge in [0, 0.05) is 58.3 Å². The van der Waals surface area contributed by atoms with Crippen molar-refractivity contribution < 1.29 is 42.8 Å². The molecular weight excluding hydrogens is 984 g/mol. The lowest BCUT2D eigenvalue weighted by Gasteiger charge is -2.55. The molecule has 0 aliphatic heterocycles. The SMILES string of the molecule is CCC(C)CC(CC)(CCC(=O)OCCNc1cccc2c1C(=O)c1ccccc1C2=O)C(C)(CC)CC(CN)(C(=O)Oc1cccc(P(=O)(C(=O)c2c(C)cc(C)cc2C)C(=O)c2c(C)cc(C)cc2C)c1)C(C)(C)C. The molecule has 5 aromatic rings. The van der Waals surface area contributed by atoms with E-state index in [1.54, 1.807) is 82.3 Å². The number of hydrogen-bond donors (Lipinski definition) is 2. The Balaban J connectivity index is 1.28. The van der Waals surface area contributed by atoms with E-state index in [2.05, 4.69) is 39.9 Å². The Kier molecular flexibility index (Phi) is 18.5. The first kappa shape index (κ1) is 59.9. The van der Waals surface area contributed by atoms with E-state index in [1.165, 1.54) is 12.1 Å². The van der Waals surface area contributed by atoms with Gasteiger partial charge in [-0.25, -0.2) is 0 Å². The molecule has 3 N–H and O–H groups in total. The maximum absolute atomic E-state index is 16.0. The number of esters is 2. The van der Waals surface area contributed by atoms with E-state index >= 15 is 18.9 Å². The summed E-state index contributed by atoms with van der Waals surface area (Å²) in [7, 11) is -4.68. The van der Waals surface area contributed by atoms with Crippen LogP contribution in [0.15, 0.2) is 91.0 Å². The van der Waals surface area contributed by atoms with Crippen LogP contribution in [0.5, 0.6) is 5.75 Å². The van der Waals surface area contributed by atoms with Gasteiger partial charge in [0.2, 0.25) is 18.2 Å². The molecule has 0 amide bonds. The number of ether oxygens (including phenoxy) is 2. The van der Waals surface area contributed by atoms with Gasteiger partial charge in [-0.05, 0) is 130 Å². The summed E-state index contributed by atoms with van der Waals surface area (Å²) in [6, 6.07) is 25.3. The smallest absolute Gasteiger partial charge is 0.319 e. The second-order valence-electron chi connectivity index (χ2n) is 23.2. The van der Waals surface area contributed by atoms with Crippen molar-refractivity contribution in [2.45, 2.75) is 142 Å². The van der Waals surface area contributed by atoms with Gasteiger partial charge >= 0.3 is 11.9 Å². The van der Waals surface area contributed by atoms with Gasteiger partial charge in [0.1, 0.15) is 12.4 Å². The maximum Gasteiger partial charge on any atom is 0.319 e. The fraction of sp³-hybridized carbons (Fsp3) is 0.446. The van der Waals surface area contributed by atoms with Gasteiger partial charge in [0.25, 0.3) is 0 Å². The van der Waals surface area contributed by atoms with Crippen molar-refractivity contribution in [3.05, 3.63) is 158 Å².